The number of fused-ring (bicyclic) bond motifs is 1. The molecule has 1 amide bonds. The van der Waals surface area contributed by atoms with Gasteiger partial charge >= 0.3 is 0 Å². The molecular weight excluding hydrogens is 334 g/mol. The summed E-state index contributed by atoms with van der Waals surface area (Å²) in [6.07, 6.45) is 0. The highest BCUT2D eigenvalue weighted by atomic mass is 32.2. The van der Waals surface area contributed by atoms with Crippen LogP contribution in [0.2, 0.25) is 0 Å². The van der Waals surface area contributed by atoms with Crippen LogP contribution in [0.3, 0.4) is 0 Å². The molecule has 2 saturated heterocycles. The van der Waals surface area contributed by atoms with E-state index in [1.165, 1.54) is 4.90 Å². The summed E-state index contributed by atoms with van der Waals surface area (Å²) in [7, 11) is 0.303. The van der Waals surface area contributed by atoms with Crippen LogP contribution in [0.4, 0.5) is 0 Å². The lowest BCUT2D eigenvalue weighted by Crippen LogP contribution is -2.60. The fraction of sp³-hybridized carbons (Fsp3) is 0.786. The van der Waals surface area contributed by atoms with Crippen LogP contribution in [-0.4, -0.2) is 96.5 Å². The minimum Gasteiger partial charge on any atom is -0.424 e. The Morgan fingerprint density at radius 2 is 1.83 bits per heavy atom. The molecule has 0 bridgehead atoms. The minimum absolute atomic E-state index is 0.0148. The Morgan fingerprint density at radius 3 is 2.42 bits per heavy atom. The molecule has 134 valence electrons. The van der Waals surface area contributed by atoms with Crippen LogP contribution in [0.25, 0.3) is 0 Å². The van der Waals surface area contributed by atoms with Crippen LogP contribution in [0.1, 0.15) is 11.8 Å². The molecule has 1 aromatic heterocycles. The zero-order valence-electron chi connectivity index (χ0n) is 14.2. The summed E-state index contributed by atoms with van der Waals surface area (Å²) in [6, 6.07) is -0.317. The van der Waals surface area contributed by atoms with E-state index in [0.29, 0.717) is 31.4 Å². The smallest absolute Gasteiger partial charge is 0.236 e. The molecule has 0 saturated carbocycles. The van der Waals surface area contributed by atoms with E-state index in [1.54, 1.807) is 21.0 Å². The Hall–Kier alpha value is -1.52. The molecular formula is C14H23N5O4S. The van der Waals surface area contributed by atoms with Crippen LogP contribution in [0.15, 0.2) is 4.42 Å². The van der Waals surface area contributed by atoms with Crippen LogP contribution < -0.4 is 0 Å². The first kappa shape index (κ1) is 17.3. The maximum atomic E-state index is 12.2. The van der Waals surface area contributed by atoms with Crippen molar-refractivity contribution in [2.24, 2.45) is 0 Å². The predicted octanol–water partition coefficient (Wildman–Crippen LogP) is -1.25. The SMILES string of the molecule is Cc1nnc(CN2CCN(CC(=O)N(C)C)[C@@H]3CS(=O)(=O)C[C@@H]32)o1. The van der Waals surface area contributed by atoms with Gasteiger partial charge in [-0.3, -0.25) is 14.6 Å². The fourth-order valence-corrected chi connectivity index (χ4v) is 5.42. The summed E-state index contributed by atoms with van der Waals surface area (Å²) >= 11 is 0. The van der Waals surface area contributed by atoms with E-state index in [1.807, 2.05) is 4.90 Å². The summed E-state index contributed by atoms with van der Waals surface area (Å²) in [5, 5.41) is 7.82. The average Bonchev–Trinajstić information content (AvgIpc) is 3.03. The minimum atomic E-state index is -3.11. The Bertz CT molecular complexity index is 717. The average molecular weight is 357 g/mol. The van der Waals surface area contributed by atoms with Crippen LogP contribution in [0, 0.1) is 6.92 Å². The Labute approximate surface area is 141 Å². The molecule has 9 nitrogen and oxygen atoms in total. The highest BCUT2D eigenvalue weighted by Gasteiger charge is 2.47. The van der Waals surface area contributed by atoms with Crippen molar-refractivity contribution in [3.05, 3.63) is 11.8 Å². The third-order valence-corrected chi connectivity index (χ3v) is 6.35. The van der Waals surface area contributed by atoms with Gasteiger partial charge in [0.25, 0.3) is 0 Å². The summed E-state index contributed by atoms with van der Waals surface area (Å²) < 4.78 is 29.8. The van der Waals surface area contributed by atoms with Crippen molar-refractivity contribution in [3.63, 3.8) is 0 Å². The summed E-state index contributed by atoms with van der Waals surface area (Å²) in [5.41, 5.74) is 0. The number of carbonyl (C=O) groups excluding carboxylic acids is 1. The molecule has 3 rings (SSSR count). The van der Waals surface area contributed by atoms with Gasteiger partial charge in [-0.05, 0) is 0 Å². The van der Waals surface area contributed by atoms with Crippen molar-refractivity contribution in [3.8, 4) is 0 Å². The second-order valence-electron chi connectivity index (χ2n) is 6.66. The van der Waals surface area contributed by atoms with Gasteiger partial charge in [0.15, 0.2) is 9.84 Å². The number of piperazine rings is 1. The molecule has 2 atom stereocenters. The molecule has 24 heavy (non-hydrogen) atoms. The van der Waals surface area contributed by atoms with E-state index < -0.39 is 9.84 Å². The van der Waals surface area contributed by atoms with Gasteiger partial charge in [-0.15, -0.1) is 10.2 Å². The zero-order chi connectivity index (χ0) is 17.5. The van der Waals surface area contributed by atoms with Gasteiger partial charge in [0.1, 0.15) is 0 Å². The Balaban J connectivity index is 1.76. The van der Waals surface area contributed by atoms with Crippen molar-refractivity contribution >= 4 is 15.7 Å². The van der Waals surface area contributed by atoms with Gasteiger partial charge in [-0.25, -0.2) is 8.42 Å². The van der Waals surface area contributed by atoms with E-state index in [2.05, 4.69) is 15.1 Å². The summed E-state index contributed by atoms with van der Waals surface area (Å²) in [6.45, 7) is 3.72. The standard InChI is InChI=1S/C14H23N5O4S/c1-10-15-16-13(23-10)6-18-4-5-19(7-14(20)17(2)3)12-9-24(21,22)8-11(12)18/h11-12H,4-9H2,1-3H3/t11-,12+/m0/s1. The van der Waals surface area contributed by atoms with Crippen molar-refractivity contribution in [2.75, 3.05) is 45.2 Å². The molecule has 3 heterocycles. The van der Waals surface area contributed by atoms with Gasteiger partial charge in [0.05, 0.1) is 24.6 Å². The molecule has 0 N–H and O–H groups in total. The Morgan fingerprint density at radius 1 is 1.21 bits per heavy atom. The first-order valence-electron chi connectivity index (χ1n) is 7.93. The molecule has 0 spiro atoms. The number of hydrogen-bond acceptors (Lipinski definition) is 8. The molecule has 0 unspecified atom stereocenters. The maximum Gasteiger partial charge on any atom is 0.236 e. The number of hydrogen-bond donors (Lipinski definition) is 0. The van der Waals surface area contributed by atoms with Gasteiger partial charge < -0.3 is 9.32 Å². The van der Waals surface area contributed by atoms with Crippen molar-refractivity contribution < 1.29 is 17.6 Å². The van der Waals surface area contributed by atoms with Crippen LogP contribution >= 0.6 is 0 Å². The summed E-state index contributed by atoms with van der Waals surface area (Å²) in [5.74, 6) is 1.18. The monoisotopic (exact) mass is 357 g/mol. The van der Waals surface area contributed by atoms with E-state index in [4.69, 9.17) is 4.42 Å². The fourth-order valence-electron chi connectivity index (χ4n) is 3.38. The molecule has 2 aliphatic heterocycles. The van der Waals surface area contributed by atoms with Crippen LogP contribution in [0.5, 0.6) is 0 Å². The lowest BCUT2D eigenvalue weighted by atomic mass is 10.0. The van der Waals surface area contributed by atoms with E-state index in [9.17, 15) is 13.2 Å². The second kappa shape index (κ2) is 6.41. The van der Waals surface area contributed by atoms with E-state index in [0.717, 1.165) is 0 Å². The molecule has 0 aromatic carbocycles. The third-order valence-electron chi connectivity index (χ3n) is 4.65. The number of sulfone groups is 1. The molecule has 0 aliphatic carbocycles. The topological polar surface area (TPSA) is 99.9 Å². The second-order valence-corrected chi connectivity index (χ2v) is 8.81. The first-order chi connectivity index (χ1) is 11.2. The predicted molar refractivity (Wildman–Crippen MR) is 85.9 cm³/mol. The van der Waals surface area contributed by atoms with Gasteiger partial charge in [0.2, 0.25) is 17.7 Å². The highest BCUT2D eigenvalue weighted by molar-refractivity contribution is 7.91. The number of aryl methyl sites for hydroxylation is 1. The molecule has 0 radical (unpaired) electrons. The number of amides is 1. The van der Waals surface area contributed by atoms with Gasteiger partial charge in [-0.1, -0.05) is 0 Å². The summed E-state index contributed by atoms with van der Waals surface area (Å²) in [4.78, 5) is 17.6. The van der Waals surface area contributed by atoms with E-state index in [-0.39, 0.29) is 36.0 Å². The molecule has 10 heteroatoms. The molecule has 2 fully saturated rings. The van der Waals surface area contributed by atoms with E-state index >= 15 is 0 Å². The Kier molecular flexibility index (Phi) is 4.63. The maximum absolute atomic E-state index is 12.2. The molecule has 2 aliphatic rings. The van der Waals surface area contributed by atoms with Gasteiger partial charge in [-0.2, -0.15) is 0 Å². The first-order valence-corrected chi connectivity index (χ1v) is 9.75. The number of likely N-dealkylation sites (N-methyl/N-ethyl adjacent to an activating group) is 1. The normalized spacial score (nSPS) is 27.1. The van der Waals surface area contributed by atoms with Crippen LogP contribution in [-0.2, 0) is 21.2 Å². The lowest BCUT2D eigenvalue weighted by molar-refractivity contribution is -0.131. The largest absolute Gasteiger partial charge is 0.424 e. The zero-order valence-corrected chi connectivity index (χ0v) is 15.0. The number of carbonyl (C=O) groups is 1. The van der Waals surface area contributed by atoms with Crippen molar-refractivity contribution in [1.29, 1.82) is 0 Å². The highest BCUT2D eigenvalue weighted by Crippen LogP contribution is 2.28. The van der Waals surface area contributed by atoms with Crippen molar-refractivity contribution in [2.45, 2.75) is 25.6 Å². The number of rotatable bonds is 4. The molecule has 1 aromatic rings. The third kappa shape index (κ3) is 3.60. The lowest BCUT2D eigenvalue weighted by Gasteiger charge is -2.43. The van der Waals surface area contributed by atoms with Crippen molar-refractivity contribution in [1.82, 2.24) is 24.9 Å². The number of aromatic nitrogens is 2. The van der Waals surface area contributed by atoms with Gasteiger partial charge in [0, 0.05) is 46.2 Å². The number of nitrogens with zero attached hydrogens (tertiary/aromatic N) is 5. The quantitative estimate of drug-likeness (QED) is 0.659.